The van der Waals surface area contributed by atoms with E-state index in [1.54, 1.807) is 12.3 Å². The first-order chi connectivity index (χ1) is 9.17. The molecule has 2 nitrogen and oxygen atoms in total. The molecule has 19 heavy (non-hydrogen) atoms. The van der Waals surface area contributed by atoms with Crippen molar-refractivity contribution in [2.24, 2.45) is 0 Å². The third-order valence-electron chi connectivity index (χ3n) is 3.02. The summed E-state index contributed by atoms with van der Waals surface area (Å²) in [6.45, 7) is 0. The third kappa shape index (κ3) is 4.40. The zero-order valence-electron chi connectivity index (χ0n) is 10.7. The molecule has 0 amide bonds. The molecule has 4 heteroatoms. The number of nitrogens with zero attached hydrogens (tertiary/aromatic N) is 1. The number of halogens is 2. The summed E-state index contributed by atoms with van der Waals surface area (Å²) >= 11 is 3.32. The van der Waals surface area contributed by atoms with E-state index in [1.165, 1.54) is 11.6 Å². The van der Waals surface area contributed by atoms with Crippen molar-refractivity contribution in [3.8, 4) is 0 Å². The normalized spacial score (nSPS) is 12.4. The smallest absolute Gasteiger partial charge is 0.124 e. The van der Waals surface area contributed by atoms with Gasteiger partial charge in [0.2, 0.25) is 0 Å². The van der Waals surface area contributed by atoms with Gasteiger partial charge in [-0.2, -0.15) is 0 Å². The standard InChI is InChI=1S/C15H16BrFN2/c1-18-15(7-11-3-2-4-19-10-11)8-12-5-13(16)9-14(17)6-12/h2-6,9-10,15,18H,7-8H2,1H3. The van der Waals surface area contributed by atoms with E-state index in [9.17, 15) is 4.39 Å². The fourth-order valence-electron chi connectivity index (χ4n) is 2.09. The Hall–Kier alpha value is -1.26. The number of hydrogen-bond donors (Lipinski definition) is 1. The topological polar surface area (TPSA) is 24.9 Å². The van der Waals surface area contributed by atoms with Crippen LogP contribution in [0.5, 0.6) is 0 Å². The first kappa shape index (κ1) is 14.2. The van der Waals surface area contributed by atoms with Crippen LogP contribution in [-0.2, 0) is 12.8 Å². The average Bonchev–Trinajstić information content (AvgIpc) is 2.38. The molecule has 1 heterocycles. The molecule has 0 saturated carbocycles. The van der Waals surface area contributed by atoms with E-state index in [4.69, 9.17) is 0 Å². The van der Waals surface area contributed by atoms with Gasteiger partial charge in [0.25, 0.3) is 0 Å². The second-order valence-electron chi connectivity index (χ2n) is 4.53. The molecule has 0 bridgehead atoms. The zero-order valence-corrected chi connectivity index (χ0v) is 12.3. The van der Waals surface area contributed by atoms with Crippen molar-refractivity contribution >= 4 is 15.9 Å². The van der Waals surface area contributed by atoms with Crippen molar-refractivity contribution in [2.45, 2.75) is 18.9 Å². The van der Waals surface area contributed by atoms with E-state index in [-0.39, 0.29) is 11.9 Å². The fraction of sp³-hybridized carbons (Fsp3) is 0.267. The molecule has 0 spiro atoms. The lowest BCUT2D eigenvalue weighted by Crippen LogP contribution is -2.30. The van der Waals surface area contributed by atoms with Gasteiger partial charge in [-0.25, -0.2) is 4.39 Å². The Labute approximate surface area is 121 Å². The molecule has 0 aliphatic carbocycles. The predicted octanol–water partition coefficient (Wildman–Crippen LogP) is 3.36. The first-order valence-electron chi connectivity index (χ1n) is 6.18. The Morgan fingerprint density at radius 2 is 2.05 bits per heavy atom. The van der Waals surface area contributed by atoms with E-state index < -0.39 is 0 Å². The van der Waals surface area contributed by atoms with Crippen LogP contribution in [-0.4, -0.2) is 18.1 Å². The maximum absolute atomic E-state index is 13.3. The molecule has 0 aliphatic rings. The minimum Gasteiger partial charge on any atom is -0.316 e. The molecule has 1 aromatic carbocycles. The second-order valence-corrected chi connectivity index (χ2v) is 5.45. The summed E-state index contributed by atoms with van der Waals surface area (Å²) in [6.07, 6.45) is 5.29. The lowest BCUT2D eigenvalue weighted by atomic mass is 10.00. The molecule has 1 atom stereocenters. The Bertz CT molecular complexity index is 511. The third-order valence-corrected chi connectivity index (χ3v) is 3.48. The summed E-state index contributed by atoms with van der Waals surface area (Å²) in [7, 11) is 1.93. The zero-order chi connectivity index (χ0) is 13.7. The summed E-state index contributed by atoms with van der Waals surface area (Å²) in [4.78, 5) is 4.11. The Kier molecular flexibility index (Phi) is 5.05. The molecule has 1 aromatic heterocycles. The fourth-order valence-corrected chi connectivity index (χ4v) is 2.61. The van der Waals surface area contributed by atoms with E-state index in [0.717, 1.165) is 22.9 Å². The van der Waals surface area contributed by atoms with Crippen molar-refractivity contribution in [1.29, 1.82) is 0 Å². The van der Waals surface area contributed by atoms with Crippen LogP contribution in [0.25, 0.3) is 0 Å². The van der Waals surface area contributed by atoms with Crippen molar-refractivity contribution in [3.05, 3.63) is 64.1 Å². The maximum Gasteiger partial charge on any atom is 0.124 e. The molecule has 1 N–H and O–H groups in total. The minimum atomic E-state index is -0.208. The minimum absolute atomic E-state index is 0.208. The number of hydrogen-bond acceptors (Lipinski definition) is 2. The number of rotatable bonds is 5. The van der Waals surface area contributed by atoms with Gasteiger partial charge in [0, 0.05) is 22.9 Å². The SMILES string of the molecule is CNC(Cc1cccnc1)Cc1cc(F)cc(Br)c1. The highest BCUT2D eigenvalue weighted by atomic mass is 79.9. The van der Waals surface area contributed by atoms with Gasteiger partial charge in [-0.1, -0.05) is 22.0 Å². The largest absolute Gasteiger partial charge is 0.316 e. The van der Waals surface area contributed by atoms with Crippen LogP contribution in [0, 0.1) is 5.82 Å². The Morgan fingerprint density at radius 3 is 2.68 bits per heavy atom. The summed E-state index contributed by atoms with van der Waals surface area (Å²) in [5.41, 5.74) is 2.16. The molecular weight excluding hydrogens is 307 g/mol. The molecule has 1 unspecified atom stereocenters. The van der Waals surface area contributed by atoms with Crippen LogP contribution < -0.4 is 5.32 Å². The molecule has 2 rings (SSSR count). The molecule has 0 aliphatic heterocycles. The van der Waals surface area contributed by atoms with Gasteiger partial charge in [-0.15, -0.1) is 0 Å². The maximum atomic E-state index is 13.3. The first-order valence-corrected chi connectivity index (χ1v) is 6.98. The quantitative estimate of drug-likeness (QED) is 0.913. The highest BCUT2D eigenvalue weighted by Gasteiger charge is 2.10. The Morgan fingerprint density at radius 1 is 1.26 bits per heavy atom. The highest BCUT2D eigenvalue weighted by Crippen LogP contribution is 2.17. The van der Waals surface area contributed by atoms with Crippen LogP contribution in [0.4, 0.5) is 4.39 Å². The van der Waals surface area contributed by atoms with Gasteiger partial charge in [0.05, 0.1) is 0 Å². The van der Waals surface area contributed by atoms with E-state index in [0.29, 0.717) is 0 Å². The van der Waals surface area contributed by atoms with Gasteiger partial charge in [-0.3, -0.25) is 4.98 Å². The summed E-state index contributed by atoms with van der Waals surface area (Å²) < 4.78 is 14.1. The van der Waals surface area contributed by atoms with Gasteiger partial charge in [-0.05, 0) is 55.3 Å². The molecular formula is C15H16BrFN2. The van der Waals surface area contributed by atoms with Crippen LogP contribution in [0.3, 0.4) is 0 Å². The van der Waals surface area contributed by atoms with Crippen molar-refractivity contribution in [2.75, 3.05) is 7.05 Å². The van der Waals surface area contributed by atoms with Crippen LogP contribution in [0.15, 0.2) is 47.2 Å². The molecule has 0 fully saturated rings. The van der Waals surface area contributed by atoms with Crippen LogP contribution in [0.1, 0.15) is 11.1 Å². The number of pyridine rings is 1. The van der Waals surface area contributed by atoms with E-state index in [1.807, 2.05) is 25.4 Å². The summed E-state index contributed by atoms with van der Waals surface area (Å²) in [5, 5.41) is 3.27. The van der Waals surface area contributed by atoms with Gasteiger partial charge < -0.3 is 5.32 Å². The van der Waals surface area contributed by atoms with Crippen molar-refractivity contribution < 1.29 is 4.39 Å². The second kappa shape index (κ2) is 6.78. The summed E-state index contributed by atoms with van der Waals surface area (Å²) in [5.74, 6) is -0.208. The number of benzene rings is 1. The van der Waals surface area contributed by atoms with E-state index >= 15 is 0 Å². The highest BCUT2D eigenvalue weighted by molar-refractivity contribution is 9.10. The molecule has 100 valence electrons. The molecule has 0 saturated heterocycles. The average molecular weight is 323 g/mol. The van der Waals surface area contributed by atoms with Gasteiger partial charge >= 0.3 is 0 Å². The molecule has 0 radical (unpaired) electrons. The van der Waals surface area contributed by atoms with Crippen LogP contribution in [0.2, 0.25) is 0 Å². The van der Waals surface area contributed by atoms with Crippen molar-refractivity contribution in [3.63, 3.8) is 0 Å². The summed E-state index contributed by atoms with van der Waals surface area (Å²) in [6, 6.07) is 9.26. The van der Waals surface area contributed by atoms with E-state index in [2.05, 4.69) is 32.3 Å². The predicted molar refractivity (Wildman–Crippen MR) is 78.6 cm³/mol. The number of aromatic nitrogens is 1. The lowest BCUT2D eigenvalue weighted by molar-refractivity contribution is 0.552. The monoisotopic (exact) mass is 322 g/mol. The van der Waals surface area contributed by atoms with Crippen LogP contribution >= 0.6 is 15.9 Å². The molecule has 2 aromatic rings. The lowest BCUT2D eigenvalue weighted by Gasteiger charge is -2.16. The Balaban J connectivity index is 2.06. The van der Waals surface area contributed by atoms with Crippen molar-refractivity contribution in [1.82, 2.24) is 10.3 Å². The number of likely N-dealkylation sites (N-methyl/N-ethyl adjacent to an activating group) is 1. The van der Waals surface area contributed by atoms with Gasteiger partial charge in [0.1, 0.15) is 5.82 Å². The number of nitrogens with one attached hydrogen (secondary N) is 1. The van der Waals surface area contributed by atoms with Gasteiger partial charge in [0.15, 0.2) is 0 Å².